The molecule has 0 spiro atoms. The van der Waals surface area contributed by atoms with Crippen LogP contribution in [-0.2, 0) is 18.5 Å². The molecule has 24 heavy (non-hydrogen) atoms. The minimum Gasteiger partial charge on any atom is -0.304 e. The van der Waals surface area contributed by atoms with Gasteiger partial charge in [0.15, 0.2) is 0 Å². The van der Waals surface area contributed by atoms with Crippen LogP contribution in [0.2, 0.25) is 0 Å². The molecule has 8 heteroatoms. The lowest BCUT2D eigenvalue weighted by molar-refractivity contribution is -0.128. The third kappa shape index (κ3) is 2.70. The monoisotopic (exact) mass is 374 g/mol. The maximum Gasteiger partial charge on any atom is 0.281 e. The number of rotatable bonds is 5. The molecule has 6 nitrogen and oxygen atoms in total. The Kier molecular flexibility index (Phi) is 4.12. The molecule has 2 fully saturated rings. The molecule has 0 radical (unpaired) electrons. The van der Waals surface area contributed by atoms with Crippen LogP contribution in [-0.4, -0.2) is 29.1 Å². The average Bonchev–Trinajstić information content (AvgIpc) is 2.80. The maximum atomic E-state index is 12.5. The lowest BCUT2D eigenvalue weighted by Crippen LogP contribution is -2.42. The molecule has 2 atom stereocenters. The highest BCUT2D eigenvalue weighted by molar-refractivity contribution is 8.24. The Morgan fingerprint density at radius 1 is 1.21 bits per heavy atom. The second-order valence-electron chi connectivity index (χ2n) is 7.25. The van der Waals surface area contributed by atoms with Gasteiger partial charge in [-0.2, -0.15) is 12.0 Å². The number of Topliss-reactive ketones (excluding diaryl/α,β-unsaturated/α-hetero) is 1. The fourth-order valence-electron chi connectivity index (χ4n) is 4.22. The van der Waals surface area contributed by atoms with Gasteiger partial charge >= 0.3 is 0 Å². The Labute approximate surface area is 143 Å². The minimum absolute atomic E-state index is 0.00705. The summed E-state index contributed by atoms with van der Waals surface area (Å²) < 4.78 is 50.0. The SMILES string of the molecule is CC1(C)C2CCC1(CS(=O)(=O)OS(O)(O)c1ccccc1)C(=O)C2. The molecular weight excluding hydrogens is 352 g/mol. The van der Waals surface area contributed by atoms with Gasteiger partial charge in [0.2, 0.25) is 0 Å². The summed E-state index contributed by atoms with van der Waals surface area (Å²) in [6.07, 6.45) is 1.69. The lowest BCUT2D eigenvalue weighted by atomic mass is 9.70. The molecule has 2 bridgehead atoms. The average molecular weight is 374 g/mol. The zero-order valence-electron chi connectivity index (χ0n) is 13.6. The van der Waals surface area contributed by atoms with E-state index in [1.807, 2.05) is 13.8 Å². The van der Waals surface area contributed by atoms with Crippen LogP contribution in [0.15, 0.2) is 35.2 Å². The Balaban J connectivity index is 1.86. The summed E-state index contributed by atoms with van der Waals surface area (Å²) in [5.41, 5.74) is -1.43. The first kappa shape index (κ1) is 17.9. The van der Waals surface area contributed by atoms with E-state index in [-0.39, 0.29) is 16.6 Å². The van der Waals surface area contributed by atoms with Crippen molar-refractivity contribution in [1.29, 1.82) is 0 Å². The number of hydrogen-bond acceptors (Lipinski definition) is 6. The Hall–Kier alpha value is -0.930. The van der Waals surface area contributed by atoms with Gasteiger partial charge in [0.05, 0.1) is 16.1 Å². The highest BCUT2D eigenvalue weighted by atomic mass is 32.3. The van der Waals surface area contributed by atoms with E-state index in [0.717, 1.165) is 6.42 Å². The molecule has 2 aliphatic rings. The lowest BCUT2D eigenvalue weighted by Gasteiger charge is -2.36. The summed E-state index contributed by atoms with van der Waals surface area (Å²) in [6.45, 7) is 3.83. The van der Waals surface area contributed by atoms with E-state index in [9.17, 15) is 22.3 Å². The van der Waals surface area contributed by atoms with Crippen LogP contribution >= 0.6 is 10.9 Å². The second-order valence-corrected chi connectivity index (χ2v) is 10.7. The Morgan fingerprint density at radius 3 is 2.33 bits per heavy atom. The number of hydrogen-bond donors (Lipinski definition) is 2. The van der Waals surface area contributed by atoms with E-state index in [0.29, 0.717) is 12.8 Å². The summed E-state index contributed by atoms with van der Waals surface area (Å²) in [4.78, 5) is 12.4. The Bertz CT molecular complexity index is 756. The molecule has 0 heterocycles. The van der Waals surface area contributed by atoms with Gasteiger partial charge in [0, 0.05) is 6.42 Å². The van der Waals surface area contributed by atoms with Gasteiger partial charge in [0.1, 0.15) is 16.7 Å². The van der Waals surface area contributed by atoms with Crippen LogP contribution in [0.3, 0.4) is 0 Å². The van der Waals surface area contributed by atoms with Crippen LogP contribution in [0, 0.1) is 16.7 Å². The zero-order chi connectivity index (χ0) is 17.8. The van der Waals surface area contributed by atoms with Gasteiger partial charge < -0.3 is 9.11 Å². The van der Waals surface area contributed by atoms with Gasteiger partial charge in [-0.15, -0.1) is 0 Å². The number of benzene rings is 1. The molecule has 134 valence electrons. The van der Waals surface area contributed by atoms with Crippen LogP contribution in [0.25, 0.3) is 0 Å². The molecule has 1 aromatic rings. The fraction of sp³-hybridized carbons (Fsp3) is 0.562. The van der Waals surface area contributed by atoms with Crippen LogP contribution in [0.4, 0.5) is 0 Å². The van der Waals surface area contributed by atoms with Gasteiger partial charge in [-0.05, 0) is 36.3 Å². The predicted octanol–water partition coefficient (Wildman–Crippen LogP) is 3.45. The third-order valence-corrected chi connectivity index (χ3v) is 9.13. The molecule has 2 unspecified atom stereocenters. The van der Waals surface area contributed by atoms with Crippen molar-refractivity contribution in [3.05, 3.63) is 30.3 Å². The molecule has 0 aromatic heterocycles. The zero-order valence-corrected chi connectivity index (χ0v) is 15.3. The van der Waals surface area contributed by atoms with Crippen molar-refractivity contribution in [2.24, 2.45) is 16.7 Å². The number of ketones is 1. The third-order valence-electron chi connectivity index (χ3n) is 5.81. The van der Waals surface area contributed by atoms with Crippen molar-refractivity contribution in [2.75, 3.05) is 5.75 Å². The van der Waals surface area contributed by atoms with Crippen molar-refractivity contribution in [1.82, 2.24) is 0 Å². The highest BCUT2D eigenvalue weighted by Crippen LogP contribution is 2.64. The van der Waals surface area contributed by atoms with Gasteiger partial charge in [-0.3, -0.25) is 4.79 Å². The largest absolute Gasteiger partial charge is 0.304 e. The van der Waals surface area contributed by atoms with Crippen LogP contribution < -0.4 is 0 Å². The first-order valence-electron chi connectivity index (χ1n) is 7.81. The predicted molar refractivity (Wildman–Crippen MR) is 91.0 cm³/mol. The van der Waals surface area contributed by atoms with E-state index in [1.165, 1.54) is 12.1 Å². The van der Waals surface area contributed by atoms with Crippen LogP contribution in [0.5, 0.6) is 0 Å². The van der Waals surface area contributed by atoms with Crippen LogP contribution in [0.1, 0.15) is 33.1 Å². The molecule has 0 amide bonds. The van der Waals surface area contributed by atoms with E-state index < -0.39 is 37.6 Å². The smallest absolute Gasteiger partial charge is 0.281 e. The van der Waals surface area contributed by atoms with Crippen molar-refractivity contribution in [3.63, 3.8) is 0 Å². The maximum absolute atomic E-state index is 12.5. The highest BCUT2D eigenvalue weighted by Gasteiger charge is 2.65. The normalized spacial score (nSPS) is 29.8. The van der Waals surface area contributed by atoms with Gasteiger partial charge in [-0.1, -0.05) is 32.0 Å². The van der Waals surface area contributed by atoms with E-state index in [4.69, 9.17) is 3.63 Å². The first-order chi connectivity index (χ1) is 11.0. The van der Waals surface area contributed by atoms with E-state index >= 15 is 0 Å². The summed E-state index contributed by atoms with van der Waals surface area (Å²) in [7, 11) is -8.24. The standard InChI is InChI=1S/C16H22O6S2/c1-15(2)12-8-9-16(15,14(17)10-12)11-23(18,19)22-24(20,21)13-6-4-3-5-7-13/h3-7,12,20-21H,8-11H2,1-2H3. The molecule has 0 aliphatic heterocycles. The van der Waals surface area contributed by atoms with E-state index in [2.05, 4.69) is 0 Å². The van der Waals surface area contributed by atoms with E-state index in [1.54, 1.807) is 18.2 Å². The topological polar surface area (TPSA) is 101 Å². The summed E-state index contributed by atoms with van der Waals surface area (Å²) >= 11 is 0. The van der Waals surface area contributed by atoms with Crippen molar-refractivity contribution < 1.29 is 25.9 Å². The fourth-order valence-corrected chi connectivity index (χ4v) is 7.67. The molecule has 2 N–H and O–H groups in total. The molecular formula is C16H22O6S2. The molecule has 1 aromatic carbocycles. The number of carbonyl (C=O) groups is 1. The quantitative estimate of drug-likeness (QED) is 0.818. The number of carbonyl (C=O) groups excluding carboxylic acids is 1. The first-order valence-corrected chi connectivity index (χ1v) is 10.9. The van der Waals surface area contributed by atoms with Crippen molar-refractivity contribution >= 4 is 26.8 Å². The molecule has 3 rings (SSSR count). The van der Waals surface area contributed by atoms with Crippen molar-refractivity contribution in [3.8, 4) is 0 Å². The summed E-state index contributed by atoms with van der Waals surface area (Å²) in [5, 5.41) is 0. The van der Waals surface area contributed by atoms with Gasteiger partial charge in [-0.25, -0.2) is 0 Å². The second kappa shape index (κ2) is 5.54. The summed E-state index contributed by atoms with van der Waals surface area (Å²) in [6, 6.07) is 7.57. The number of fused-ring (bicyclic) bond motifs is 2. The van der Waals surface area contributed by atoms with Crippen molar-refractivity contribution in [2.45, 2.75) is 38.0 Å². The minimum atomic E-state index is -4.30. The molecule has 2 aliphatic carbocycles. The summed E-state index contributed by atoms with van der Waals surface area (Å²) in [5.74, 6) is -0.396. The van der Waals surface area contributed by atoms with Gasteiger partial charge in [0.25, 0.3) is 10.1 Å². The molecule has 0 saturated heterocycles. The Morgan fingerprint density at radius 2 is 1.83 bits per heavy atom. The molecule has 2 saturated carbocycles.